The number of methoxy groups -OCH3 is 1. The Morgan fingerprint density at radius 3 is 2.50 bits per heavy atom. The van der Waals surface area contributed by atoms with Gasteiger partial charge in [0.05, 0.1) is 12.0 Å². The number of rotatable bonds is 7. The normalized spacial score (nSPS) is 17.4. The molecule has 0 atom stereocenters. The number of thioether (sulfide) groups is 1. The van der Waals surface area contributed by atoms with E-state index in [1.54, 1.807) is 41.3 Å². The fourth-order valence-electron chi connectivity index (χ4n) is 3.80. The maximum atomic E-state index is 12.8. The Morgan fingerprint density at radius 2 is 1.79 bits per heavy atom. The Bertz CT molecular complexity index is 1110. The van der Waals surface area contributed by atoms with E-state index in [0.717, 1.165) is 41.5 Å². The van der Waals surface area contributed by atoms with E-state index in [1.165, 1.54) is 7.11 Å². The van der Waals surface area contributed by atoms with Crippen molar-refractivity contribution in [2.45, 2.75) is 25.9 Å². The van der Waals surface area contributed by atoms with Crippen LogP contribution in [-0.2, 0) is 16.2 Å². The van der Waals surface area contributed by atoms with Crippen molar-refractivity contribution in [2.75, 3.05) is 26.7 Å². The van der Waals surface area contributed by atoms with Crippen molar-refractivity contribution < 1.29 is 23.9 Å². The van der Waals surface area contributed by atoms with Gasteiger partial charge in [0.1, 0.15) is 13.2 Å². The highest BCUT2D eigenvalue weighted by Crippen LogP contribution is 2.35. The second kappa shape index (κ2) is 11.0. The van der Waals surface area contributed by atoms with Crippen LogP contribution < -0.4 is 9.47 Å². The maximum Gasteiger partial charge on any atom is 0.294 e. The highest BCUT2D eigenvalue weighted by atomic mass is 35.5. The van der Waals surface area contributed by atoms with Crippen LogP contribution in [-0.4, -0.2) is 53.6 Å². The van der Waals surface area contributed by atoms with Crippen LogP contribution in [0.5, 0.6) is 11.5 Å². The SMILES string of the molecule is COc1cc(/C=C2/SC(=O)N(CC(=O)N3CCCCC3)C2=O)ccc1OCc1ccc(Cl)cc1. The predicted octanol–water partition coefficient (Wildman–Crippen LogP) is 4.98. The molecule has 0 aliphatic carbocycles. The molecule has 0 unspecified atom stereocenters. The van der Waals surface area contributed by atoms with Gasteiger partial charge in [-0.3, -0.25) is 19.3 Å². The molecule has 2 aromatic rings. The minimum absolute atomic E-state index is 0.188. The number of hydrogen-bond donors (Lipinski definition) is 0. The third kappa shape index (κ3) is 5.74. The number of ether oxygens (including phenoxy) is 2. The molecule has 2 fully saturated rings. The average molecular weight is 501 g/mol. The van der Waals surface area contributed by atoms with Crippen LogP contribution in [0, 0.1) is 0 Å². The van der Waals surface area contributed by atoms with Gasteiger partial charge in [0, 0.05) is 18.1 Å². The summed E-state index contributed by atoms with van der Waals surface area (Å²) in [6.07, 6.45) is 4.63. The van der Waals surface area contributed by atoms with E-state index in [0.29, 0.717) is 41.8 Å². The van der Waals surface area contributed by atoms with Crippen molar-refractivity contribution in [2.24, 2.45) is 0 Å². The minimum Gasteiger partial charge on any atom is -0.493 e. The number of amides is 3. The number of piperidine rings is 1. The third-order valence-electron chi connectivity index (χ3n) is 5.67. The monoisotopic (exact) mass is 500 g/mol. The van der Waals surface area contributed by atoms with E-state index in [-0.39, 0.29) is 17.4 Å². The number of hydrogen-bond acceptors (Lipinski definition) is 6. The second-order valence-electron chi connectivity index (χ2n) is 8.03. The predicted molar refractivity (Wildman–Crippen MR) is 132 cm³/mol. The lowest BCUT2D eigenvalue weighted by Crippen LogP contribution is -2.44. The summed E-state index contributed by atoms with van der Waals surface area (Å²) in [5, 5.41) is 0.224. The van der Waals surface area contributed by atoms with E-state index in [1.807, 2.05) is 12.1 Å². The molecule has 2 aliphatic rings. The van der Waals surface area contributed by atoms with Gasteiger partial charge >= 0.3 is 0 Å². The van der Waals surface area contributed by atoms with Crippen molar-refractivity contribution in [3.05, 3.63) is 63.5 Å². The zero-order valence-corrected chi connectivity index (χ0v) is 20.4. The molecule has 0 saturated carbocycles. The molecule has 9 heteroatoms. The highest BCUT2D eigenvalue weighted by Gasteiger charge is 2.37. The van der Waals surface area contributed by atoms with Crippen molar-refractivity contribution in [3.8, 4) is 11.5 Å². The van der Waals surface area contributed by atoms with Crippen LogP contribution in [0.4, 0.5) is 4.79 Å². The average Bonchev–Trinajstić information content (AvgIpc) is 3.11. The van der Waals surface area contributed by atoms with Crippen molar-refractivity contribution >= 4 is 46.5 Å². The zero-order chi connectivity index (χ0) is 24.1. The Labute approximate surface area is 207 Å². The van der Waals surface area contributed by atoms with Gasteiger partial charge in [-0.05, 0) is 72.5 Å². The van der Waals surface area contributed by atoms with Gasteiger partial charge in [-0.25, -0.2) is 0 Å². The second-order valence-corrected chi connectivity index (χ2v) is 9.46. The Morgan fingerprint density at radius 1 is 1.06 bits per heavy atom. The van der Waals surface area contributed by atoms with Gasteiger partial charge in [0.2, 0.25) is 5.91 Å². The number of halogens is 1. The largest absolute Gasteiger partial charge is 0.493 e. The van der Waals surface area contributed by atoms with Crippen LogP contribution >= 0.6 is 23.4 Å². The first-order valence-corrected chi connectivity index (χ1v) is 12.2. The Kier molecular flexibility index (Phi) is 7.80. The van der Waals surface area contributed by atoms with E-state index >= 15 is 0 Å². The number of imide groups is 1. The summed E-state index contributed by atoms with van der Waals surface area (Å²) < 4.78 is 11.3. The first-order valence-electron chi connectivity index (χ1n) is 11.0. The van der Waals surface area contributed by atoms with Crippen LogP contribution in [0.15, 0.2) is 47.4 Å². The van der Waals surface area contributed by atoms with Crippen LogP contribution in [0.2, 0.25) is 5.02 Å². The molecule has 2 aliphatic heterocycles. The standard InChI is InChI=1S/C25H25ClN2O5S/c1-32-21-13-18(7-10-20(21)33-16-17-5-8-19(26)9-6-17)14-22-24(30)28(25(31)34-22)15-23(29)27-11-3-2-4-12-27/h5-10,13-14H,2-4,11-12,15-16H2,1H3/b22-14+. The van der Waals surface area contributed by atoms with Gasteiger partial charge < -0.3 is 14.4 Å². The molecular formula is C25H25ClN2O5S. The van der Waals surface area contributed by atoms with E-state index in [4.69, 9.17) is 21.1 Å². The summed E-state index contributed by atoms with van der Waals surface area (Å²) in [6.45, 7) is 1.48. The van der Waals surface area contributed by atoms with Gasteiger partial charge in [-0.15, -0.1) is 0 Å². The number of carbonyl (C=O) groups is 3. The summed E-state index contributed by atoms with van der Waals surface area (Å²) in [6, 6.07) is 12.6. The number of carbonyl (C=O) groups excluding carboxylic acids is 3. The maximum absolute atomic E-state index is 12.8. The minimum atomic E-state index is -0.456. The summed E-state index contributed by atoms with van der Waals surface area (Å²) in [7, 11) is 1.54. The molecule has 0 spiro atoms. The molecule has 2 aromatic carbocycles. The topological polar surface area (TPSA) is 76.2 Å². The molecule has 7 nitrogen and oxygen atoms in total. The van der Waals surface area contributed by atoms with Gasteiger partial charge in [-0.2, -0.15) is 0 Å². The molecule has 0 bridgehead atoms. The molecule has 0 radical (unpaired) electrons. The van der Waals surface area contributed by atoms with Gasteiger partial charge in [0.15, 0.2) is 11.5 Å². The zero-order valence-electron chi connectivity index (χ0n) is 18.8. The number of likely N-dealkylation sites (tertiary alicyclic amines) is 1. The quantitative estimate of drug-likeness (QED) is 0.499. The number of benzene rings is 2. The van der Waals surface area contributed by atoms with E-state index in [2.05, 4.69) is 0 Å². The molecule has 4 rings (SSSR count). The molecule has 2 heterocycles. The van der Waals surface area contributed by atoms with E-state index in [9.17, 15) is 14.4 Å². The fourth-order valence-corrected chi connectivity index (χ4v) is 4.77. The number of nitrogens with zero attached hydrogens (tertiary/aromatic N) is 2. The summed E-state index contributed by atoms with van der Waals surface area (Å²) in [5.74, 6) is 0.409. The lowest BCUT2D eigenvalue weighted by molar-refractivity contribution is -0.136. The van der Waals surface area contributed by atoms with Crippen LogP contribution in [0.25, 0.3) is 6.08 Å². The molecule has 0 N–H and O–H groups in total. The molecule has 178 valence electrons. The molecule has 3 amide bonds. The molecular weight excluding hydrogens is 476 g/mol. The summed E-state index contributed by atoms with van der Waals surface area (Å²) >= 11 is 6.75. The van der Waals surface area contributed by atoms with Crippen molar-refractivity contribution in [1.29, 1.82) is 0 Å². The molecule has 34 heavy (non-hydrogen) atoms. The van der Waals surface area contributed by atoms with Gasteiger partial charge in [-0.1, -0.05) is 29.8 Å². The third-order valence-corrected chi connectivity index (χ3v) is 6.83. The van der Waals surface area contributed by atoms with Crippen molar-refractivity contribution in [3.63, 3.8) is 0 Å². The first-order chi connectivity index (χ1) is 16.4. The smallest absolute Gasteiger partial charge is 0.294 e. The lowest BCUT2D eigenvalue weighted by atomic mass is 10.1. The summed E-state index contributed by atoms with van der Waals surface area (Å²) in [4.78, 5) is 40.8. The van der Waals surface area contributed by atoms with Gasteiger partial charge in [0.25, 0.3) is 11.1 Å². The Balaban J connectivity index is 1.43. The lowest BCUT2D eigenvalue weighted by Gasteiger charge is -2.27. The molecule has 0 aromatic heterocycles. The van der Waals surface area contributed by atoms with E-state index < -0.39 is 11.1 Å². The highest BCUT2D eigenvalue weighted by molar-refractivity contribution is 8.18. The Hall–Kier alpha value is -2.97. The van der Waals surface area contributed by atoms with Crippen LogP contribution in [0.3, 0.4) is 0 Å². The fraction of sp³-hybridized carbons (Fsp3) is 0.320. The summed E-state index contributed by atoms with van der Waals surface area (Å²) in [5.41, 5.74) is 1.65. The van der Waals surface area contributed by atoms with Crippen molar-refractivity contribution in [1.82, 2.24) is 9.80 Å². The molecule has 2 saturated heterocycles. The first kappa shape index (κ1) is 24.2. The van der Waals surface area contributed by atoms with Crippen LogP contribution in [0.1, 0.15) is 30.4 Å².